The highest BCUT2D eigenvalue weighted by atomic mass is 16.6. The maximum absolute atomic E-state index is 10.6. The van der Waals surface area contributed by atoms with Gasteiger partial charge in [-0.2, -0.15) is 0 Å². The quantitative estimate of drug-likeness (QED) is 0.350. The number of rotatable bonds is 0. The number of carbonyl (C=O) groups excluding carboxylic acids is 1. The van der Waals surface area contributed by atoms with Gasteiger partial charge in [-0.25, -0.2) is 0 Å². The SMILES string of the molecule is [B]C1CC(C)(C)OC1=O. The van der Waals surface area contributed by atoms with Crippen LogP contribution in [0.2, 0.25) is 5.82 Å². The normalized spacial score (nSPS) is 32.2. The molecule has 2 nitrogen and oxygen atoms in total. The van der Waals surface area contributed by atoms with Crippen molar-refractivity contribution < 1.29 is 9.53 Å². The van der Waals surface area contributed by atoms with Crippen molar-refractivity contribution in [2.45, 2.75) is 31.7 Å². The van der Waals surface area contributed by atoms with Gasteiger partial charge in [0.15, 0.2) is 0 Å². The Labute approximate surface area is 56.0 Å². The number of esters is 1. The highest BCUT2D eigenvalue weighted by Gasteiger charge is 2.36. The van der Waals surface area contributed by atoms with Crippen molar-refractivity contribution >= 4 is 13.8 Å². The zero-order valence-corrected chi connectivity index (χ0v) is 5.68. The van der Waals surface area contributed by atoms with E-state index in [0.717, 1.165) is 0 Å². The van der Waals surface area contributed by atoms with Gasteiger partial charge in [-0.15, -0.1) is 0 Å². The number of hydrogen-bond acceptors (Lipinski definition) is 2. The smallest absolute Gasteiger partial charge is 0.300 e. The Morgan fingerprint density at radius 1 is 1.78 bits per heavy atom. The molecule has 0 aromatic carbocycles. The van der Waals surface area contributed by atoms with Gasteiger partial charge in [0.2, 0.25) is 0 Å². The molecule has 0 aromatic rings. The van der Waals surface area contributed by atoms with Crippen molar-refractivity contribution in [1.29, 1.82) is 0 Å². The van der Waals surface area contributed by atoms with E-state index in [9.17, 15) is 4.79 Å². The molecule has 1 unspecified atom stereocenters. The summed E-state index contributed by atoms with van der Waals surface area (Å²) in [4.78, 5) is 10.6. The first kappa shape index (κ1) is 6.65. The van der Waals surface area contributed by atoms with Crippen molar-refractivity contribution in [3.8, 4) is 0 Å². The van der Waals surface area contributed by atoms with E-state index in [1.807, 2.05) is 13.8 Å². The average molecular weight is 124 g/mol. The third kappa shape index (κ3) is 1.26. The van der Waals surface area contributed by atoms with E-state index < -0.39 is 5.82 Å². The molecule has 2 radical (unpaired) electrons. The molecule has 0 bridgehead atoms. The summed E-state index contributed by atoms with van der Waals surface area (Å²) in [6.45, 7) is 3.72. The zero-order valence-electron chi connectivity index (χ0n) is 5.68. The summed E-state index contributed by atoms with van der Waals surface area (Å²) in [5, 5.41) is 0. The van der Waals surface area contributed by atoms with Gasteiger partial charge in [-0.1, -0.05) is 0 Å². The Hall–Kier alpha value is -0.465. The van der Waals surface area contributed by atoms with Gasteiger partial charge in [0.05, 0.1) is 7.85 Å². The maximum atomic E-state index is 10.6. The van der Waals surface area contributed by atoms with Gasteiger partial charge in [0.1, 0.15) is 5.60 Å². The summed E-state index contributed by atoms with van der Waals surface area (Å²) in [7, 11) is 5.38. The van der Waals surface area contributed by atoms with Crippen LogP contribution >= 0.6 is 0 Å². The first-order valence-corrected chi connectivity index (χ1v) is 3.00. The molecule has 0 amide bonds. The first-order valence-electron chi connectivity index (χ1n) is 3.00. The maximum Gasteiger partial charge on any atom is 0.300 e. The van der Waals surface area contributed by atoms with Crippen LogP contribution in [0, 0.1) is 0 Å². The summed E-state index contributed by atoms with van der Waals surface area (Å²) in [5.41, 5.74) is -0.337. The Kier molecular flexibility index (Phi) is 1.30. The van der Waals surface area contributed by atoms with Gasteiger partial charge >= 0.3 is 5.97 Å². The molecule has 1 aliphatic rings. The molecular formula is C6H9BO2. The zero-order chi connectivity index (χ0) is 7.07. The second kappa shape index (κ2) is 1.76. The third-order valence-electron chi connectivity index (χ3n) is 1.39. The third-order valence-corrected chi connectivity index (χ3v) is 1.39. The molecule has 48 valence electrons. The number of cyclic esters (lactones) is 1. The lowest BCUT2D eigenvalue weighted by molar-refractivity contribution is -0.145. The van der Waals surface area contributed by atoms with E-state index in [1.54, 1.807) is 0 Å². The predicted octanol–water partition coefficient (Wildman–Crippen LogP) is 0.669. The largest absolute Gasteiger partial charge is 0.460 e. The molecule has 9 heavy (non-hydrogen) atoms. The topological polar surface area (TPSA) is 26.3 Å². The van der Waals surface area contributed by atoms with E-state index >= 15 is 0 Å². The van der Waals surface area contributed by atoms with Crippen LogP contribution in [0.3, 0.4) is 0 Å². The molecule has 0 saturated carbocycles. The van der Waals surface area contributed by atoms with Crippen molar-refractivity contribution in [3.63, 3.8) is 0 Å². The average Bonchev–Trinajstić information content (AvgIpc) is 1.79. The molecule has 1 heterocycles. The summed E-state index contributed by atoms with van der Waals surface area (Å²) in [6.07, 6.45) is 0.631. The van der Waals surface area contributed by atoms with Crippen molar-refractivity contribution in [3.05, 3.63) is 0 Å². The van der Waals surface area contributed by atoms with Crippen molar-refractivity contribution in [2.24, 2.45) is 0 Å². The number of carbonyl (C=O) groups is 1. The monoisotopic (exact) mass is 124 g/mol. The fraction of sp³-hybridized carbons (Fsp3) is 0.833. The summed E-state index contributed by atoms with van der Waals surface area (Å²) in [5.74, 6) is -0.681. The van der Waals surface area contributed by atoms with Crippen LogP contribution in [0.15, 0.2) is 0 Å². The standard InChI is InChI=1S/C6H9BO2/c1-6(2)3-4(7)5(8)9-6/h4H,3H2,1-2H3. The van der Waals surface area contributed by atoms with Crippen LogP contribution in [0.1, 0.15) is 20.3 Å². The minimum atomic E-state index is -0.403. The van der Waals surface area contributed by atoms with Gasteiger partial charge in [-0.3, -0.25) is 4.79 Å². The fourth-order valence-corrected chi connectivity index (χ4v) is 1.00. The summed E-state index contributed by atoms with van der Waals surface area (Å²) in [6, 6.07) is 0. The van der Waals surface area contributed by atoms with Gasteiger partial charge < -0.3 is 4.74 Å². The Bertz CT molecular complexity index is 142. The van der Waals surface area contributed by atoms with Crippen molar-refractivity contribution in [2.75, 3.05) is 0 Å². The van der Waals surface area contributed by atoms with Crippen LogP contribution in [-0.2, 0) is 9.53 Å². The minimum Gasteiger partial charge on any atom is -0.460 e. The Balaban J connectivity index is 2.65. The summed E-state index contributed by atoms with van der Waals surface area (Å²) >= 11 is 0. The van der Waals surface area contributed by atoms with Crippen LogP contribution in [0.25, 0.3) is 0 Å². The molecule has 1 fully saturated rings. The highest BCUT2D eigenvalue weighted by Crippen LogP contribution is 2.31. The Morgan fingerprint density at radius 2 is 2.33 bits per heavy atom. The van der Waals surface area contributed by atoms with Crippen LogP contribution in [-0.4, -0.2) is 19.4 Å². The molecular weight excluding hydrogens is 115 g/mol. The molecule has 0 N–H and O–H groups in total. The van der Waals surface area contributed by atoms with Gasteiger partial charge in [-0.05, 0) is 20.3 Å². The molecule has 0 aliphatic carbocycles. The van der Waals surface area contributed by atoms with Gasteiger partial charge in [0.25, 0.3) is 0 Å². The number of ether oxygens (including phenoxy) is 1. The van der Waals surface area contributed by atoms with Crippen LogP contribution in [0.5, 0.6) is 0 Å². The van der Waals surface area contributed by atoms with Crippen LogP contribution in [0.4, 0.5) is 0 Å². The highest BCUT2D eigenvalue weighted by molar-refractivity contribution is 6.23. The minimum absolute atomic E-state index is 0.278. The predicted molar refractivity (Wildman–Crippen MR) is 34.3 cm³/mol. The molecule has 1 atom stereocenters. The molecule has 3 heteroatoms. The lowest BCUT2D eigenvalue weighted by Gasteiger charge is -2.14. The van der Waals surface area contributed by atoms with Crippen molar-refractivity contribution in [1.82, 2.24) is 0 Å². The fourth-order valence-electron chi connectivity index (χ4n) is 1.00. The van der Waals surface area contributed by atoms with Gasteiger partial charge in [0, 0.05) is 5.82 Å². The molecule has 1 aliphatic heterocycles. The molecule has 0 spiro atoms. The van der Waals surface area contributed by atoms with E-state index in [1.165, 1.54) is 0 Å². The second-order valence-electron chi connectivity index (χ2n) is 2.99. The van der Waals surface area contributed by atoms with Crippen LogP contribution < -0.4 is 0 Å². The lowest BCUT2D eigenvalue weighted by atomic mass is 9.82. The molecule has 1 rings (SSSR count). The molecule has 1 saturated heterocycles. The van der Waals surface area contributed by atoms with E-state index in [0.29, 0.717) is 6.42 Å². The summed E-state index contributed by atoms with van der Waals surface area (Å²) < 4.78 is 4.90. The number of hydrogen-bond donors (Lipinski definition) is 0. The van der Waals surface area contributed by atoms with E-state index in [2.05, 4.69) is 0 Å². The first-order chi connectivity index (χ1) is 4.01. The molecule has 0 aromatic heterocycles. The Morgan fingerprint density at radius 3 is 2.44 bits per heavy atom. The second-order valence-corrected chi connectivity index (χ2v) is 2.99. The lowest BCUT2D eigenvalue weighted by Crippen LogP contribution is -2.17. The van der Waals surface area contributed by atoms with E-state index in [-0.39, 0.29) is 11.6 Å². The van der Waals surface area contributed by atoms with E-state index in [4.69, 9.17) is 12.6 Å².